The van der Waals surface area contributed by atoms with E-state index in [-0.39, 0.29) is 23.9 Å². The molecule has 130 valence electrons. The van der Waals surface area contributed by atoms with Crippen LogP contribution in [0.15, 0.2) is 11.6 Å². The lowest BCUT2D eigenvalue weighted by Crippen LogP contribution is -2.51. The lowest BCUT2D eigenvalue weighted by atomic mass is 9.70. The van der Waals surface area contributed by atoms with Crippen LogP contribution < -0.4 is 0 Å². The first-order chi connectivity index (χ1) is 10.7. The highest BCUT2D eigenvalue weighted by atomic mass is 79.9. The van der Waals surface area contributed by atoms with Gasteiger partial charge < -0.3 is 14.3 Å². The molecular weight excluding hydrogens is 372 g/mol. The van der Waals surface area contributed by atoms with Crippen LogP contribution in [0.1, 0.15) is 27.2 Å². The smallest absolute Gasteiger partial charge is 0.192 e. The van der Waals surface area contributed by atoms with Crippen LogP contribution in [-0.4, -0.2) is 43.2 Å². The molecule has 8 atom stereocenters. The molecule has 0 aromatic heterocycles. The molecule has 0 aromatic rings. The number of ether oxygens (including phenoxy) is 1. The topological polar surface area (TPSA) is 38.7 Å². The third kappa shape index (κ3) is 2.23. The molecule has 4 rings (SSSR count). The summed E-state index contributed by atoms with van der Waals surface area (Å²) in [6, 6.07) is 0. The van der Waals surface area contributed by atoms with Gasteiger partial charge in [-0.2, -0.15) is 0 Å². The van der Waals surface area contributed by atoms with E-state index >= 15 is 0 Å². The van der Waals surface area contributed by atoms with Crippen molar-refractivity contribution in [3.05, 3.63) is 11.6 Å². The van der Waals surface area contributed by atoms with Crippen LogP contribution in [0.3, 0.4) is 0 Å². The third-order valence-electron chi connectivity index (χ3n) is 7.32. The maximum absolute atomic E-state index is 9.87. The molecule has 23 heavy (non-hydrogen) atoms. The number of halogens is 1. The van der Waals surface area contributed by atoms with Crippen molar-refractivity contribution in [2.75, 3.05) is 6.61 Å². The molecule has 3 aliphatic carbocycles. The van der Waals surface area contributed by atoms with E-state index in [1.165, 1.54) is 6.42 Å². The van der Waals surface area contributed by atoms with Gasteiger partial charge in [0.25, 0.3) is 0 Å². The van der Waals surface area contributed by atoms with Crippen molar-refractivity contribution < 1.29 is 14.3 Å². The van der Waals surface area contributed by atoms with Gasteiger partial charge in [0.2, 0.25) is 0 Å². The summed E-state index contributed by atoms with van der Waals surface area (Å²) in [4.78, 5) is 0.454. The van der Waals surface area contributed by atoms with E-state index in [0.29, 0.717) is 34.6 Å². The standard InChI is InChI=1S/C18H29BrO3Si/c1-18(2,3)23(4,5)22-12-6-9(8-20)16-14-11-7-10(13(12)14)15(19)17(11)21-16/h6,10-17,20H,7-8H2,1-5H3/t10-,11+,12+,13+,14+,15-,16-,17-/m1/s1. The summed E-state index contributed by atoms with van der Waals surface area (Å²) in [5.74, 6) is 2.42. The zero-order chi connectivity index (χ0) is 16.7. The molecule has 0 unspecified atom stereocenters. The molecule has 2 bridgehead atoms. The molecule has 0 aromatic carbocycles. The second kappa shape index (κ2) is 5.16. The Kier molecular flexibility index (Phi) is 3.76. The van der Waals surface area contributed by atoms with Gasteiger partial charge in [-0.05, 0) is 47.9 Å². The Morgan fingerprint density at radius 3 is 2.61 bits per heavy atom. The van der Waals surface area contributed by atoms with Crippen molar-refractivity contribution in [2.24, 2.45) is 23.7 Å². The van der Waals surface area contributed by atoms with Gasteiger partial charge in [0.15, 0.2) is 8.32 Å². The molecule has 5 heteroatoms. The van der Waals surface area contributed by atoms with Crippen LogP contribution in [0.25, 0.3) is 0 Å². The fourth-order valence-electron chi connectivity index (χ4n) is 5.22. The molecule has 1 aliphatic heterocycles. The molecule has 2 saturated carbocycles. The quantitative estimate of drug-likeness (QED) is 0.445. The minimum atomic E-state index is -1.83. The molecule has 1 N–H and O–H groups in total. The number of hydrogen-bond donors (Lipinski definition) is 1. The summed E-state index contributed by atoms with van der Waals surface area (Å²) in [5.41, 5.74) is 1.06. The van der Waals surface area contributed by atoms with Crippen LogP contribution >= 0.6 is 15.9 Å². The molecular formula is C18H29BrO3Si. The van der Waals surface area contributed by atoms with Crippen LogP contribution in [0.2, 0.25) is 18.1 Å². The van der Waals surface area contributed by atoms with Gasteiger partial charge in [-0.1, -0.05) is 42.8 Å². The zero-order valence-electron chi connectivity index (χ0n) is 14.8. The number of aliphatic hydroxyl groups excluding tert-OH is 1. The summed E-state index contributed by atoms with van der Waals surface area (Å²) in [6.07, 6.45) is 4.10. The first kappa shape index (κ1) is 16.8. The van der Waals surface area contributed by atoms with Gasteiger partial charge in [-0.15, -0.1) is 0 Å². The van der Waals surface area contributed by atoms with E-state index in [4.69, 9.17) is 9.16 Å². The molecule has 3 nitrogen and oxygen atoms in total. The highest BCUT2D eigenvalue weighted by Crippen LogP contribution is 2.65. The monoisotopic (exact) mass is 400 g/mol. The van der Waals surface area contributed by atoms with Crippen LogP contribution in [0, 0.1) is 23.7 Å². The van der Waals surface area contributed by atoms with E-state index < -0.39 is 8.32 Å². The van der Waals surface area contributed by atoms with Crippen molar-refractivity contribution in [1.82, 2.24) is 0 Å². The van der Waals surface area contributed by atoms with Gasteiger partial charge in [0.05, 0.1) is 24.9 Å². The van der Waals surface area contributed by atoms with Crippen molar-refractivity contribution in [1.29, 1.82) is 0 Å². The normalized spacial score (nSPS) is 48.0. The Morgan fingerprint density at radius 2 is 2.00 bits per heavy atom. The predicted molar refractivity (Wildman–Crippen MR) is 97.2 cm³/mol. The molecule has 0 amide bonds. The molecule has 0 radical (unpaired) electrons. The summed E-state index contributed by atoms with van der Waals surface area (Å²) in [6.45, 7) is 11.7. The fraction of sp³-hybridized carbons (Fsp3) is 0.889. The highest BCUT2D eigenvalue weighted by Gasteiger charge is 2.68. The lowest BCUT2D eigenvalue weighted by molar-refractivity contribution is 0.0396. The van der Waals surface area contributed by atoms with Gasteiger partial charge in [-0.25, -0.2) is 0 Å². The molecule has 0 spiro atoms. The van der Waals surface area contributed by atoms with Gasteiger partial charge in [-0.3, -0.25) is 0 Å². The summed E-state index contributed by atoms with van der Waals surface area (Å²) in [5, 5.41) is 10.1. The SMILES string of the molecule is CC(C)(C)[Si](C)(C)O[C@H]1C=C(CO)[C@H]2O[C@H]3[C@H](Br)[C@@H]4C[C@H]3[C@H]2[C@@H]41. The minimum absolute atomic E-state index is 0.0995. The first-order valence-corrected chi connectivity index (χ1v) is 12.8. The lowest BCUT2D eigenvalue weighted by Gasteiger charge is -2.45. The van der Waals surface area contributed by atoms with Crippen molar-refractivity contribution >= 4 is 24.2 Å². The van der Waals surface area contributed by atoms with Crippen molar-refractivity contribution in [2.45, 2.75) is 68.5 Å². The van der Waals surface area contributed by atoms with Crippen LogP contribution in [0.5, 0.6) is 0 Å². The van der Waals surface area contributed by atoms with E-state index in [2.05, 4.69) is 55.9 Å². The van der Waals surface area contributed by atoms with E-state index in [9.17, 15) is 5.11 Å². The van der Waals surface area contributed by atoms with Crippen LogP contribution in [-0.2, 0) is 9.16 Å². The fourth-order valence-corrected chi connectivity index (χ4v) is 7.57. The Morgan fingerprint density at radius 1 is 1.30 bits per heavy atom. The number of rotatable bonds is 3. The van der Waals surface area contributed by atoms with Crippen molar-refractivity contribution in [3.8, 4) is 0 Å². The summed E-state index contributed by atoms with van der Waals surface area (Å²) in [7, 11) is -1.83. The number of fused-ring (bicyclic) bond motifs is 2. The summed E-state index contributed by atoms with van der Waals surface area (Å²) < 4.78 is 13.2. The van der Waals surface area contributed by atoms with Gasteiger partial charge in [0, 0.05) is 10.7 Å². The average molecular weight is 401 g/mol. The Labute approximate surface area is 149 Å². The highest BCUT2D eigenvalue weighted by molar-refractivity contribution is 9.09. The maximum atomic E-state index is 9.87. The summed E-state index contributed by atoms with van der Waals surface area (Å²) >= 11 is 3.92. The minimum Gasteiger partial charge on any atom is -0.410 e. The third-order valence-corrected chi connectivity index (χ3v) is 13.0. The average Bonchev–Trinajstić information content (AvgIpc) is 3.06. The molecule has 1 saturated heterocycles. The van der Waals surface area contributed by atoms with Gasteiger partial charge in [0.1, 0.15) is 0 Å². The Bertz CT molecular complexity index is 541. The Hall–Kier alpha value is 0.317. The van der Waals surface area contributed by atoms with E-state index in [0.717, 1.165) is 5.57 Å². The predicted octanol–water partition coefficient (Wildman–Crippen LogP) is 3.72. The Balaban J connectivity index is 1.69. The number of alkyl halides is 1. The van der Waals surface area contributed by atoms with Gasteiger partial charge >= 0.3 is 0 Å². The number of hydrogen-bond acceptors (Lipinski definition) is 3. The van der Waals surface area contributed by atoms with Crippen molar-refractivity contribution in [3.63, 3.8) is 0 Å². The maximum Gasteiger partial charge on any atom is 0.192 e. The molecule has 4 aliphatic rings. The van der Waals surface area contributed by atoms with E-state index in [1.807, 2.05) is 0 Å². The second-order valence-corrected chi connectivity index (χ2v) is 15.2. The second-order valence-electron chi connectivity index (χ2n) is 9.43. The zero-order valence-corrected chi connectivity index (χ0v) is 17.3. The number of aliphatic hydroxyl groups is 1. The first-order valence-electron chi connectivity index (χ1n) is 8.94. The van der Waals surface area contributed by atoms with Crippen LogP contribution in [0.4, 0.5) is 0 Å². The largest absolute Gasteiger partial charge is 0.410 e. The molecule has 3 fully saturated rings. The molecule has 1 heterocycles. The van der Waals surface area contributed by atoms with E-state index in [1.54, 1.807) is 0 Å².